The summed E-state index contributed by atoms with van der Waals surface area (Å²) in [5.41, 5.74) is 0.0957. The molecule has 3 rings (SSSR count). The predicted octanol–water partition coefficient (Wildman–Crippen LogP) is 2.37. The zero-order valence-corrected chi connectivity index (χ0v) is 14.0. The molecule has 24 heavy (non-hydrogen) atoms. The molecule has 8 heteroatoms. The van der Waals surface area contributed by atoms with Crippen molar-refractivity contribution in [1.82, 2.24) is 4.31 Å². The molecule has 1 amide bonds. The molecular formula is C16H14FNO5S. The SMILES string of the molecule is Cc1cc(C(=O)CN2C(=O)c3cc(F)cc(C)c3S2(=O)=O)c(C)o1. The number of rotatable bonds is 3. The van der Waals surface area contributed by atoms with E-state index in [0.29, 0.717) is 15.8 Å². The fourth-order valence-corrected chi connectivity index (χ4v) is 4.58. The van der Waals surface area contributed by atoms with Gasteiger partial charge in [-0.05, 0) is 44.5 Å². The van der Waals surface area contributed by atoms with Gasteiger partial charge in [0.2, 0.25) is 0 Å². The number of amides is 1. The van der Waals surface area contributed by atoms with Gasteiger partial charge in [-0.1, -0.05) is 0 Å². The number of fused-ring (bicyclic) bond motifs is 1. The average Bonchev–Trinajstić information content (AvgIpc) is 2.88. The number of hydrogen-bond acceptors (Lipinski definition) is 5. The average molecular weight is 351 g/mol. The maximum atomic E-state index is 13.5. The molecule has 0 radical (unpaired) electrons. The Morgan fingerprint density at radius 1 is 1.21 bits per heavy atom. The molecule has 0 atom stereocenters. The Bertz CT molecular complexity index is 990. The fourth-order valence-electron chi connectivity index (χ4n) is 2.86. The highest BCUT2D eigenvalue weighted by Crippen LogP contribution is 2.33. The van der Waals surface area contributed by atoms with Crippen molar-refractivity contribution in [1.29, 1.82) is 0 Å². The largest absolute Gasteiger partial charge is 0.466 e. The van der Waals surface area contributed by atoms with E-state index in [1.165, 1.54) is 13.0 Å². The fraction of sp³-hybridized carbons (Fsp3) is 0.250. The first kappa shape index (κ1) is 16.4. The molecule has 1 aromatic heterocycles. The molecule has 2 heterocycles. The van der Waals surface area contributed by atoms with Gasteiger partial charge in [0.1, 0.15) is 28.8 Å². The van der Waals surface area contributed by atoms with Crippen LogP contribution >= 0.6 is 0 Å². The Hall–Kier alpha value is -2.48. The van der Waals surface area contributed by atoms with Gasteiger partial charge >= 0.3 is 0 Å². The minimum Gasteiger partial charge on any atom is -0.466 e. The van der Waals surface area contributed by atoms with Crippen LogP contribution in [0, 0.1) is 26.6 Å². The molecule has 0 spiro atoms. The maximum absolute atomic E-state index is 13.5. The summed E-state index contributed by atoms with van der Waals surface area (Å²) in [6.07, 6.45) is 0. The zero-order chi connectivity index (χ0) is 17.8. The van der Waals surface area contributed by atoms with Crippen molar-refractivity contribution in [2.75, 3.05) is 6.54 Å². The van der Waals surface area contributed by atoms with Gasteiger partial charge in [0, 0.05) is 0 Å². The summed E-state index contributed by atoms with van der Waals surface area (Å²) in [6.45, 7) is 3.98. The van der Waals surface area contributed by atoms with Crippen molar-refractivity contribution in [2.24, 2.45) is 0 Å². The molecule has 1 aromatic carbocycles. The number of halogens is 1. The predicted molar refractivity (Wildman–Crippen MR) is 81.9 cm³/mol. The standard InChI is InChI=1S/C16H14FNO5S/c1-8-4-11(17)6-13-15(8)24(21,22)18(16(13)20)7-14(19)12-5-9(2)23-10(12)3/h4-6H,7H2,1-3H3. The van der Waals surface area contributed by atoms with Crippen molar-refractivity contribution < 1.29 is 26.8 Å². The summed E-state index contributed by atoms with van der Waals surface area (Å²) in [7, 11) is -4.19. The second-order valence-corrected chi connectivity index (χ2v) is 7.47. The topological polar surface area (TPSA) is 84.7 Å². The number of nitrogens with zero attached hydrogens (tertiary/aromatic N) is 1. The molecule has 0 N–H and O–H groups in total. The van der Waals surface area contributed by atoms with Crippen LogP contribution in [0.5, 0.6) is 0 Å². The van der Waals surface area contributed by atoms with Crippen LogP contribution in [0.25, 0.3) is 0 Å². The quantitative estimate of drug-likeness (QED) is 0.793. The monoisotopic (exact) mass is 351 g/mol. The highest BCUT2D eigenvalue weighted by atomic mass is 32.2. The van der Waals surface area contributed by atoms with Crippen molar-refractivity contribution in [2.45, 2.75) is 25.7 Å². The van der Waals surface area contributed by atoms with Crippen LogP contribution in [0.3, 0.4) is 0 Å². The van der Waals surface area contributed by atoms with Gasteiger partial charge in [-0.25, -0.2) is 17.1 Å². The Labute approximate surface area is 137 Å². The number of carbonyl (C=O) groups is 2. The van der Waals surface area contributed by atoms with Gasteiger partial charge in [-0.15, -0.1) is 0 Å². The molecule has 0 unspecified atom stereocenters. The van der Waals surface area contributed by atoms with Crippen LogP contribution in [0.15, 0.2) is 27.5 Å². The van der Waals surface area contributed by atoms with Crippen LogP contribution in [0.2, 0.25) is 0 Å². The lowest BCUT2D eigenvalue weighted by molar-refractivity contribution is 0.0819. The van der Waals surface area contributed by atoms with Gasteiger partial charge in [0.25, 0.3) is 15.9 Å². The third-order valence-electron chi connectivity index (χ3n) is 3.87. The zero-order valence-electron chi connectivity index (χ0n) is 13.2. The van der Waals surface area contributed by atoms with E-state index in [4.69, 9.17) is 4.42 Å². The Morgan fingerprint density at radius 2 is 1.88 bits per heavy atom. The van der Waals surface area contributed by atoms with E-state index in [-0.39, 0.29) is 21.6 Å². The number of Topliss-reactive ketones (excluding diaryl/α,β-unsaturated/α-hetero) is 1. The highest BCUT2D eigenvalue weighted by molar-refractivity contribution is 7.90. The molecule has 1 aliphatic rings. The lowest BCUT2D eigenvalue weighted by atomic mass is 10.1. The summed E-state index contributed by atoms with van der Waals surface area (Å²) in [5, 5.41) is 0. The number of aryl methyl sites for hydroxylation is 3. The second kappa shape index (κ2) is 5.27. The third kappa shape index (κ3) is 2.34. The van der Waals surface area contributed by atoms with E-state index >= 15 is 0 Å². The number of benzene rings is 1. The van der Waals surface area contributed by atoms with Gasteiger partial charge in [-0.2, -0.15) is 0 Å². The number of hydrogen-bond donors (Lipinski definition) is 0. The first-order valence-electron chi connectivity index (χ1n) is 7.10. The Morgan fingerprint density at radius 3 is 2.46 bits per heavy atom. The lowest BCUT2D eigenvalue weighted by Gasteiger charge is -2.14. The van der Waals surface area contributed by atoms with Crippen molar-refractivity contribution in [3.8, 4) is 0 Å². The summed E-state index contributed by atoms with van der Waals surface area (Å²) in [4.78, 5) is 24.5. The summed E-state index contributed by atoms with van der Waals surface area (Å²) in [6, 6.07) is 3.40. The summed E-state index contributed by atoms with van der Waals surface area (Å²) >= 11 is 0. The van der Waals surface area contributed by atoms with Crippen LogP contribution in [0.4, 0.5) is 4.39 Å². The second-order valence-electron chi connectivity index (χ2n) is 5.67. The molecule has 0 saturated heterocycles. The van der Waals surface area contributed by atoms with Crippen LogP contribution in [0.1, 0.15) is 37.8 Å². The minimum atomic E-state index is -4.19. The van der Waals surface area contributed by atoms with Gasteiger partial charge in [-0.3, -0.25) is 9.59 Å². The van der Waals surface area contributed by atoms with Crippen molar-refractivity contribution in [3.05, 3.63) is 52.2 Å². The molecule has 0 aliphatic carbocycles. The highest BCUT2D eigenvalue weighted by Gasteiger charge is 2.43. The van der Waals surface area contributed by atoms with E-state index in [1.54, 1.807) is 13.8 Å². The van der Waals surface area contributed by atoms with Crippen molar-refractivity contribution in [3.63, 3.8) is 0 Å². The molecule has 0 bridgehead atoms. The first-order chi connectivity index (χ1) is 11.1. The molecule has 1 aliphatic heterocycles. The lowest BCUT2D eigenvalue weighted by Crippen LogP contribution is -2.35. The van der Waals surface area contributed by atoms with E-state index in [2.05, 4.69) is 0 Å². The van der Waals surface area contributed by atoms with E-state index in [1.807, 2.05) is 0 Å². The smallest absolute Gasteiger partial charge is 0.269 e. The van der Waals surface area contributed by atoms with Gasteiger partial charge < -0.3 is 4.42 Å². The normalized spacial score (nSPS) is 15.7. The first-order valence-corrected chi connectivity index (χ1v) is 8.54. The van der Waals surface area contributed by atoms with E-state index in [9.17, 15) is 22.4 Å². The molecule has 6 nitrogen and oxygen atoms in total. The molecule has 0 fully saturated rings. The van der Waals surface area contributed by atoms with Crippen LogP contribution < -0.4 is 0 Å². The number of furan rings is 1. The Kier molecular flexibility index (Phi) is 3.60. The van der Waals surface area contributed by atoms with E-state index < -0.39 is 34.1 Å². The number of carbonyl (C=O) groups excluding carboxylic acids is 2. The van der Waals surface area contributed by atoms with Gasteiger partial charge in [0.05, 0.1) is 11.1 Å². The summed E-state index contributed by atoms with van der Waals surface area (Å²) < 4.78 is 44.4. The molecular weight excluding hydrogens is 337 g/mol. The molecule has 2 aromatic rings. The third-order valence-corrected chi connectivity index (χ3v) is 5.81. The van der Waals surface area contributed by atoms with Crippen LogP contribution in [-0.4, -0.2) is 31.0 Å². The van der Waals surface area contributed by atoms with Crippen LogP contribution in [-0.2, 0) is 10.0 Å². The van der Waals surface area contributed by atoms with Crippen molar-refractivity contribution >= 4 is 21.7 Å². The summed E-state index contributed by atoms with van der Waals surface area (Å²) in [5.74, 6) is -1.32. The molecule has 0 saturated carbocycles. The maximum Gasteiger partial charge on any atom is 0.269 e. The number of ketones is 1. The number of sulfonamides is 1. The molecule has 126 valence electrons. The van der Waals surface area contributed by atoms with Gasteiger partial charge in [0.15, 0.2) is 5.78 Å². The Balaban J connectivity index is 2.02. The minimum absolute atomic E-state index is 0.128. The van der Waals surface area contributed by atoms with E-state index in [0.717, 1.165) is 12.1 Å².